The summed E-state index contributed by atoms with van der Waals surface area (Å²) in [6, 6.07) is 18.8. The van der Waals surface area contributed by atoms with E-state index in [0.717, 1.165) is 27.3 Å². The lowest BCUT2D eigenvalue weighted by molar-refractivity contribution is 0.262. The molecule has 4 rings (SSSR count). The maximum absolute atomic E-state index is 13.3. The SMILES string of the molecule is Cc1nc2ccccc2nc1CSc1ccccc1NC(=O)Nc1ccc(F)c(Cl)c1. The van der Waals surface area contributed by atoms with Crippen LogP contribution in [0.25, 0.3) is 11.0 Å². The van der Waals surface area contributed by atoms with Crippen molar-refractivity contribution >= 4 is 51.8 Å². The van der Waals surface area contributed by atoms with E-state index in [9.17, 15) is 9.18 Å². The summed E-state index contributed by atoms with van der Waals surface area (Å²) in [5.41, 5.74) is 4.55. The molecule has 4 aromatic rings. The number of aromatic nitrogens is 2. The third kappa shape index (κ3) is 5.13. The molecule has 0 bridgehead atoms. The number of nitrogens with one attached hydrogen (secondary N) is 2. The van der Waals surface area contributed by atoms with Crippen LogP contribution in [-0.2, 0) is 5.75 Å². The Labute approximate surface area is 188 Å². The first-order valence-corrected chi connectivity index (χ1v) is 10.8. The van der Waals surface area contributed by atoms with Crippen molar-refractivity contribution in [3.05, 3.63) is 89.0 Å². The second-order valence-electron chi connectivity index (χ2n) is 6.74. The van der Waals surface area contributed by atoms with Crippen LogP contribution in [0.1, 0.15) is 11.4 Å². The topological polar surface area (TPSA) is 66.9 Å². The fourth-order valence-corrected chi connectivity index (χ4v) is 4.16. The number of urea groups is 1. The molecule has 0 saturated heterocycles. The maximum atomic E-state index is 13.3. The number of halogens is 2. The number of hydrogen-bond acceptors (Lipinski definition) is 4. The summed E-state index contributed by atoms with van der Waals surface area (Å²) >= 11 is 7.33. The van der Waals surface area contributed by atoms with Gasteiger partial charge in [-0.1, -0.05) is 35.9 Å². The van der Waals surface area contributed by atoms with Gasteiger partial charge in [-0.05, 0) is 49.4 Å². The summed E-state index contributed by atoms with van der Waals surface area (Å²) in [4.78, 5) is 22.7. The van der Waals surface area contributed by atoms with Crippen LogP contribution in [0.2, 0.25) is 5.02 Å². The highest BCUT2D eigenvalue weighted by Gasteiger charge is 2.11. The van der Waals surface area contributed by atoms with Gasteiger partial charge in [0.2, 0.25) is 0 Å². The van der Waals surface area contributed by atoms with E-state index in [1.165, 1.54) is 18.2 Å². The van der Waals surface area contributed by atoms with Gasteiger partial charge in [0.1, 0.15) is 5.82 Å². The van der Waals surface area contributed by atoms with E-state index in [1.807, 2.05) is 55.5 Å². The molecule has 0 fully saturated rings. The zero-order valence-electron chi connectivity index (χ0n) is 16.5. The highest BCUT2D eigenvalue weighted by atomic mass is 35.5. The van der Waals surface area contributed by atoms with Crippen LogP contribution in [0.4, 0.5) is 20.6 Å². The van der Waals surface area contributed by atoms with Gasteiger partial charge < -0.3 is 10.6 Å². The van der Waals surface area contributed by atoms with Crippen LogP contribution in [0, 0.1) is 12.7 Å². The van der Waals surface area contributed by atoms with E-state index < -0.39 is 11.8 Å². The first kappa shape index (κ1) is 21.1. The molecule has 156 valence electrons. The monoisotopic (exact) mass is 452 g/mol. The maximum Gasteiger partial charge on any atom is 0.323 e. The molecule has 1 aromatic heterocycles. The summed E-state index contributed by atoms with van der Waals surface area (Å²) in [6.07, 6.45) is 0. The number of aryl methyl sites for hydroxylation is 1. The number of hydrogen-bond donors (Lipinski definition) is 2. The number of fused-ring (bicyclic) bond motifs is 1. The molecule has 0 radical (unpaired) electrons. The van der Waals surface area contributed by atoms with E-state index in [2.05, 4.69) is 15.6 Å². The summed E-state index contributed by atoms with van der Waals surface area (Å²) in [7, 11) is 0. The van der Waals surface area contributed by atoms with Crippen LogP contribution in [0.3, 0.4) is 0 Å². The predicted octanol–water partition coefficient (Wildman–Crippen LogP) is 6.67. The molecule has 0 saturated carbocycles. The Hall–Kier alpha value is -3.16. The fraction of sp³-hybridized carbons (Fsp3) is 0.0870. The molecule has 2 N–H and O–H groups in total. The molecule has 0 aliphatic carbocycles. The summed E-state index contributed by atoms with van der Waals surface area (Å²) in [6.45, 7) is 1.95. The molecule has 0 aliphatic heterocycles. The molecule has 1 heterocycles. The first-order chi connectivity index (χ1) is 15.0. The molecule has 0 spiro atoms. The standard InChI is InChI=1S/C23H18ClFN4OS/c1-14-21(28-19-7-3-2-6-18(19)26-14)13-31-22-9-5-4-8-20(22)29-23(30)27-15-10-11-17(25)16(24)12-15/h2-12H,13H2,1H3,(H2,27,29,30). The Bertz CT molecular complexity index is 1270. The number of carbonyl (C=O) groups excluding carboxylic acids is 1. The van der Waals surface area contributed by atoms with Crippen molar-refractivity contribution in [1.29, 1.82) is 0 Å². The molecule has 31 heavy (non-hydrogen) atoms. The van der Waals surface area contributed by atoms with Crippen molar-refractivity contribution in [1.82, 2.24) is 9.97 Å². The largest absolute Gasteiger partial charge is 0.323 e. The van der Waals surface area contributed by atoms with Gasteiger partial charge in [0.05, 0.1) is 33.1 Å². The second kappa shape index (κ2) is 9.32. The van der Waals surface area contributed by atoms with Crippen molar-refractivity contribution in [2.24, 2.45) is 0 Å². The molecule has 5 nitrogen and oxygen atoms in total. The predicted molar refractivity (Wildman–Crippen MR) is 124 cm³/mol. The number of benzene rings is 3. The van der Waals surface area contributed by atoms with Crippen molar-refractivity contribution in [3.8, 4) is 0 Å². The lowest BCUT2D eigenvalue weighted by atomic mass is 10.2. The molecule has 8 heteroatoms. The van der Waals surface area contributed by atoms with Crippen LogP contribution >= 0.6 is 23.4 Å². The second-order valence-corrected chi connectivity index (χ2v) is 8.16. The van der Waals surface area contributed by atoms with Crippen LogP contribution in [-0.4, -0.2) is 16.0 Å². The average Bonchev–Trinajstić information content (AvgIpc) is 2.75. The summed E-state index contributed by atoms with van der Waals surface area (Å²) < 4.78 is 13.3. The highest BCUT2D eigenvalue weighted by Crippen LogP contribution is 2.30. The number of nitrogens with zero attached hydrogens (tertiary/aromatic N) is 2. The van der Waals surface area contributed by atoms with Gasteiger partial charge >= 0.3 is 6.03 Å². The molecule has 2 amide bonds. The molecular weight excluding hydrogens is 435 g/mol. The number of para-hydroxylation sites is 3. The van der Waals surface area contributed by atoms with Gasteiger partial charge in [0, 0.05) is 16.3 Å². The minimum atomic E-state index is -0.540. The minimum Gasteiger partial charge on any atom is -0.308 e. The van der Waals surface area contributed by atoms with Gasteiger partial charge in [-0.3, -0.25) is 0 Å². The normalized spacial score (nSPS) is 10.8. The van der Waals surface area contributed by atoms with Crippen LogP contribution in [0.15, 0.2) is 71.6 Å². The van der Waals surface area contributed by atoms with Crippen molar-refractivity contribution in [2.45, 2.75) is 17.6 Å². The highest BCUT2D eigenvalue weighted by molar-refractivity contribution is 7.98. The van der Waals surface area contributed by atoms with Crippen LogP contribution in [0.5, 0.6) is 0 Å². The lowest BCUT2D eigenvalue weighted by Gasteiger charge is -2.12. The molecule has 0 atom stereocenters. The number of thioether (sulfide) groups is 1. The molecular formula is C23H18ClFN4OS. The van der Waals surface area contributed by atoms with E-state index in [4.69, 9.17) is 16.6 Å². The first-order valence-electron chi connectivity index (χ1n) is 9.47. The Morgan fingerprint density at radius 3 is 2.48 bits per heavy atom. The van der Waals surface area contributed by atoms with Crippen LogP contribution < -0.4 is 10.6 Å². The quantitative estimate of drug-likeness (QED) is 0.332. The third-order valence-electron chi connectivity index (χ3n) is 4.52. The molecule has 3 aromatic carbocycles. The molecule has 0 aliphatic rings. The summed E-state index contributed by atoms with van der Waals surface area (Å²) in [5, 5.41) is 5.43. The van der Waals surface area contributed by atoms with Crippen molar-refractivity contribution in [2.75, 3.05) is 10.6 Å². The zero-order valence-corrected chi connectivity index (χ0v) is 18.1. The van der Waals surface area contributed by atoms with E-state index in [0.29, 0.717) is 17.1 Å². The average molecular weight is 453 g/mol. The third-order valence-corrected chi connectivity index (χ3v) is 5.89. The Morgan fingerprint density at radius 2 is 1.71 bits per heavy atom. The number of anilines is 2. The minimum absolute atomic E-state index is 0.0550. The number of rotatable bonds is 5. The van der Waals surface area contributed by atoms with Crippen molar-refractivity contribution < 1.29 is 9.18 Å². The zero-order chi connectivity index (χ0) is 21.8. The Kier molecular flexibility index (Phi) is 6.34. The smallest absolute Gasteiger partial charge is 0.308 e. The van der Waals surface area contributed by atoms with Gasteiger partial charge in [0.15, 0.2) is 0 Å². The number of carbonyl (C=O) groups is 1. The van der Waals surface area contributed by atoms with Gasteiger partial charge in [-0.25, -0.2) is 19.2 Å². The molecule has 0 unspecified atom stereocenters. The van der Waals surface area contributed by atoms with Gasteiger partial charge in [-0.15, -0.1) is 11.8 Å². The van der Waals surface area contributed by atoms with E-state index in [-0.39, 0.29) is 5.02 Å². The fourth-order valence-electron chi connectivity index (χ4n) is 2.96. The number of amides is 2. The van der Waals surface area contributed by atoms with Gasteiger partial charge in [0.25, 0.3) is 0 Å². The van der Waals surface area contributed by atoms with Gasteiger partial charge in [-0.2, -0.15) is 0 Å². The Morgan fingerprint density at radius 1 is 1.00 bits per heavy atom. The van der Waals surface area contributed by atoms with E-state index in [1.54, 1.807) is 11.8 Å². The van der Waals surface area contributed by atoms with E-state index >= 15 is 0 Å². The summed E-state index contributed by atoms with van der Waals surface area (Å²) in [5.74, 6) is 0.0684. The van der Waals surface area contributed by atoms with Crippen molar-refractivity contribution in [3.63, 3.8) is 0 Å². The Balaban J connectivity index is 1.46. The lowest BCUT2D eigenvalue weighted by Crippen LogP contribution is -2.19.